The fourth-order valence-electron chi connectivity index (χ4n) is 2.46. The van der Waals surface area contributed by atoms with Gasteiger partial charge in [0.2, 0.25) is 5.91 Å². The first-order chi connectivity index (χ1) is 9.72. The van der Waals surface area contributed by atoms with Gasteiger partial charge in [-0.25, -0.2) is 0 Å². The molecular weight excluding hydrogens is 256 g/mol. The Morgan fingerprint density at radius 1 is 1.35 bits per heavy atom. The summed E-state index contributed by atoms with van der Waals surface area (Å²) >= 11 is 0. The average molecular weight is 272 g/mol. The molecule has 0 saturated carbocycles. The third kappa shape index (κ3) is 2.66. The average Bonchev–Trinajstić information content (AvgIpc) is 3.04. The Labute approximate surface area is 116 Å². The topological polar surface area (TPSA) is 60.3 Å². The standard InChI is InChI=1S/C15H16N2O3/c18-14-7-11(8-16-14)10-20-15(19)9-17-6-5-12-3-1-2-4-13(12)17/h1-6,11H,7-10H2,(H,16,18)/t11-/m0/s1. The molecule has 5 nitrogen and oxygen atoms in total. The van der Waals surface area contributed by atoms with E-state index in [2.05, 4.69) is 5.32 Å². The summed E-state index contributed by atoms with van der Waals surface area (Å²) in [6.45, 7) is 1.09. The lowest BCUT2D eigenvalue weighted by Gasteiger charge is -2.10. The molecule has 104 valence electrons. The van der Waals surface area contributed by atoms with Gasteiger partial charge in [0.15, 0.2) is 0 Å². The Morgan fingerprint density at radius 2 is 2.20 bits per heavy atom. The number of nitrogens with zero attached hydrogens (tertiary/aromatic N) is 1. The zero-order valence-corrected chi connectivity index (χ0v) is 11.0. The van der Waals surface area contributed by atoms with Gasteiger partial charge in [-0.05, 0) is 17.5 Å². The van der Waals surface area contributed by atoms with Gasteiger partial charge < -0.3 is 14.6 Å². The van der Waals surface area contributed by atoms with Crippen molar-refractivity contribution in [2.24, 2.45) is 5.92 Å². The Kier molecular flexibility index (Phi) is 3.41. The van der Waals surface area contributed by atoms with E-state index in [4.69, 9.17) is 4.74 Å². The first kappa shape index (κ1) is 12.7. The minimum absolute atomic E-state index is 0.0300. The zero-order chi connectivity index (χ0) is 13.9. The van der Waals surface area contributed by atoms with Gasteiger partial charge in [0, 0.05) is 30.6 Å². The van der Waals surface area contributed by atoms with Crippen molar-refractivity contribution in [3.8, 4) is 0 Å². The Balaban J connectivity index is 1.57. The number of carbonyl (C=O) groups is 2. The highest BCUT2D eigenvalue weighted by Crippen LogP contribution is 2.15. The Hall–Kier alpha value is -2.30. The normalized spacial score (nSPS) is 18.2. The molecule has 1 saturated heterocycles. The van der Waals surface area contributed by atoms with Crippen LogP contribution in [0.25, 0.3) is 10.9 Å². The number of benzene rings is 1. The summed E-state index contributed by atoms with van der Waals surface area (Å²) in [7, 11) is 0. The molecule has 1 amide bonds. The van der Waals surface area contributed by atoms with E-state index in [1.165, 1.54) is 0 Å². The molecule has 1 aliphatic rings. The second-order valence-electron chi connectivity index (χ2n) is 5.06. The number of hydrogen-bond donors (Lipinski definition) is 1. The minimum Gasteiger partial charge on any atom is -0.464 e. The SMILES string of the molecule is O=C1C[C@H](COC(=O)Cn2ccc3ccccc32)CN1. The maximum atomic E-state index is 11.8. The summed E-state index contributed by atoms with van der Waals surface area (Å²) < 4.78 is 7.12. The highest BCUT2D eigenvalue weighted by Gasteiger charge is 2.22. The number of nitrogens with one attached hydrogen (secondary N) is 1. The minimum atomic E-state index is -0.272. The van der Waals surface area contributed by atoms with Gasteiger partial charge in [-0.15, -0.1) is 0 Å². The van der Waals surface area contributed by atoms with Gasteiger partial charge in [0.05, 0.1) is 6.61 Å². The molecule has 0 aliphatic carbocycles. The largest absolute Gasteiger partial charge is 0.464 e. The maximum absolute atomic E-state index is 11.8. The van der Waals surface area contributed by atoms with Crippen molar-refractivity contribution in [2.75, 3.05) is 13.2 Å². The van der Waals surface area contributed by atoms with Crippen LogP contribution in [0, 0.1) is 5.92 Å². The van der Waals surface area contributed by atoms with Gasteiger partial charge in [-0.3, -0.25) is 9.59 Å². The van der Waals surface area contributed by atoms with Crippen molar-refractivity contribution in [1.82, 2.24) is 9.88 Å². The molecule has 1 fully saturated rings. The molecular formula is C15H16N2O3. The van der Waals surface area contributed by atoms with Gasteiger partial charge >= 0.3 is 5.97 Å². The van der Waals surface area contributed by atoms with Crippen LogP contribution in [0.2, 0.25) is 0 Å². The van der Waals surface area contributed by atoms with Crippen LogP contribution in [-0.2, 0) is 20.9 Å². The number of carbonyl (C=O) groups excluding carboxylic acids is 2. The van der Waals surface area contributed by atoms with Gasteiger partial charge in [-0.1, -0.05) is 18.2 Å². The molecule has 20 heavy (non-hydrogen) atoms. The number of ether oxygens (including phenoxy) is 1. The number of fused-ring (bicyclic) bond motifs is 1. The molecule has 0 unspecified atom stereocenters. The molecule has 2 heterocycles. The molecule has 0 bridgehead atoms. The van der Waals surface area contributed by atoms with Crippen LogP contribution in [0.3, 0.4) is 0 Å². The molecule has 1 atom stereocenters. The summed E-state index contributed by atoms with van der Waals surface area (Å²) in [5, 5.41) is 3.83. The number of rotatable bonds is 4. The van der Waals surface area contributed by atoms with Gasteiger partial charge in [0.1, 0.15) is 6.54 Å². The maximum Gasteiger partial charge on any atom is 0.325 e. The second kappa shape index (κ2) is 5.36. The number of hydrogen-bond acceptors (Lipinski definition) is 3. The van der Waals surface area contributed by atoms with E-state index in [-0.39, 0.29) is 24.3 Å². The third-order valence-electron chi connectivity index (χ3n) is 3.52. The fourth-order valence-corrected chi connectivity index (χ4v) is 2.46. The van der Waals surface area contributed by atoms with Crippen LogP contribution in [0.4, 0.5) is 0 Å². The highest BCUT2D eigenvalue weighted by atomic mass is 16.5. The lowest BCUT2D eigenvalue weighted by Crippen LogP contribution is -2.19. The van der Waals surface area contributed by atoms with Crippen LogP contribution in [-0.4, -0.2) is 29.6 Å². The van der Waals surface area contributed by atoms with Gasteiger partial charge in [0.25, 0.3) is 0 Å². The molecule has 3 rings (SSSR count). The van der Waals surface area contributed by atoms with Crippen molar-refractivity contribution in [2.45, 2.75) is 13.0 Å². The summed E-state index contributed by atoms with van der Waals surface area (Å²) in [4.78, 5) is 22.9. The smallest absolute Gasteiger partial charge is 0.325 e. The lowest BCUT2D eigenvalue weighted by molar-refractivity contribution is -0.145. The van der Waals surface area contributed by atoms with E-state index in [1.807, 2.05) is 41.1 Å². The summed E-state index contributed by atoms with van der Waals surface area (Å²) in [5.41, 5.74) is 1.02. The van der Waals surface area contributed by atoms with Crippen LogP contribution in [0.5, 0.6) is 0 Å². The first-order valence-electron chi connectivity index (χ1n) is 6.68. The van der Waals surface area contributed by atoms with Crippen LogP contribution in [0.1, 0.15) is 6.42 Å². The Morgan fingerprint density at radius 3 is 3.00 bits per heavy atom. The number of esters is 1. The molecule has 0 spiro atoms. The van der Waals surface area contributed by atoms with E-state index in [1.54, 1.807) is 0 Å². The first-order valence-corrected chi connectivity index (χ1v) is 6.68. The summed E-state index contributed by atoms with van der Waals surface area (Å²) in [6, 6.07) is 9.87. The van der Waals surface area contributed by atoms with Crippen molar-refractivity contribution >= 4 is 22.8 Å². The predicted octanol–water partition coefficient (Wildman–Crippen LogP) is 1.32. The molecule has 1 aromatic heterocycles. The van der Waals surface area contributed by atoms with Crippen molar-refractivity contribution in [3.63, 3.8) is 0 Å². The number of amides is 1. The Bertz CT molecular complexity index is 647. The molecule has 1 aliphatic heterocycles. The summed E-state index contributed by atoms with van der Waals surface area (Å²) in [6.07, 6.45) is 2.33. The molecule has 1 N–H and O–H groups in total. The summed E-state index contributed by atoms with van der Waals surface area (Å²) in [5.74, 6) is -0.138. The molecule has 5 heteroatoms. The van der Waals surface area contributed by atoms with E-state index in [0.717, 1.165) is 10.9 Å². The second-order valence-corrected chi connectivity index (χ2v) is 5.06. The quantitative estimate of drug-likeness (QED) is 0.854. The van der Waals surface area contributed by atoms with E-state index in [9.17, 15) is 9.59 Å². The van der Waals surface area contributed by atoms with E-state index >= 15 is 0 Å². The highest BCUT2D eigenvalue weighted by molar-refractivity contribution is 5.82. The van der Waals surface area contributed by atoms with E-state index < -0.39 is 0 Å². The molecule has 2 aromatic rings. The van der Waals surface area contributed by atoms with Crippen molar-refractivity contribution in [3.05, 3.63) is 36.5 Å². The monoisotopic (exact) mass is 272 g/mol. The molecule has 0 radical (unpaired) electrons. The number of aromatic nitrogens is 1. The lowest BCUT2D eigenvalue weighted by atomic mass is 10.1. The third-order valence-corrected chi connectivity index (χ3v) is 3.52. The van der Waals surface area contributed by atoms with Crippen molar-refractivity contribution in [1.29, 1.82) is 0 Å². The van der Waals surface area contributed by atoms with Crippen molar-refractivity contribution < 1.29 is 14.3 Å². The molecule has 1 aromatic carbocycles. The van der Waals surface area contributed by atoms with Crippen LogP contribution in [0.15, 0.2) is 36.5 Å². The predicted molar refractivity (Wildman–Crippen MR) is 74.0 cm³/mol. The zero-order valence-electron chi connectivity index (χ0n) is 11.0. The van der Waals surface area contributed by atoms with Gasteiger partial charge in [-0.2, -0.15) is 0 Å². The fraction of sp³-hybridized carbons (Fsp3) is 0.333. The van der Waals surface area contributed by atoms with Crippen LogP contribution < -0.4 is 5.32 Å². The number of para-hydroxylation sites is 1. The van der Waals surface area contributed by atoms with E-state index in [0.29, 0.717) is 19.6 Å². The van der Waals surface area contributed by atoms with Crippen LogP contribution >= 0.6 is 0 Å².